The molecule has 5 nitrogen and oxygen atoms in total. The molecule has 0 atom stereocenters. The second-order valence-corrected chi connectivity index (χ2v) is 7.94. The SMILES string of the molecule is O=C(Nc1nc2scc(-c3ccc(Cl)cc3Cl)n2n1)c1cccc(Br)c1. The fourth-order valence-electron chi connectivity index (χ4n) is 2.42. The van der Waals surface area contributed by atoms with Gasteiger partial charge in [0.25, 0.3) is 11.9 Å². The Morgan fingerprint density at radius 1 is 1.19 bits per heavy atom. The molecule has 1 N–H and O–H groups in total. The number of carbonyl (C=O) groups is 1. The molecule has 4 aromatic rings. The maximum atomic E-state index is 12.4. The molecule has 0 aliphatic rings. The van der Waals surface area contributed by atoms with E-state index in [1.54, 1.807) is 34.8 Å². The summed E-state index contributed by atoms with van der Waals surface area (Å²) in [5, 5.41) is 10.1. The number of nitrogens with zero attached hydrogens (tertiary/aromatic N) is 3. The molecule has 0 saturated carbocycles. The molecule has 2 heterocycles. The topological polar surface area (TPSA) is 59.3 Å². The van der Waals surface area contributed by atoms with Crippen molar-refractivity contribution in [3.8, 4) is 11.3 Å². The van der Waals surface area contributed by atoms with E-state index in [9.17, 15) is 4.79 Å². The van der Waals surface area contributed by atoms with E-state index in [1.165, 1.54) is 11.3 Å². The quantitative estimate of drug-likeness (QED) is 0.415. The number of anilines is 1. The second kappa shape index (κ2) is 7.00. The van der Waals surface area contributed by atoms with Gasteiger partial charge in [-0.05, 0) is 36.4 Å². The third-order valence-corrected chi connectivity index (χ3v) is 5.46. The van der Waals surface area contributed by atoms with Crippen LogP contribution in [0.2, 0.25) is 10.0 Å². The average molecular weight is 468 g/mol. The summed E-state index contributed by atoms with van der Waals surface area (Å²) in [6.45, 7) is 0. The standard InChI is InChI=1S/C17H9BrCl2N4OS/c18-10-3-1-2-9(6-10)15(25)21-16-22-17-24(23-16)14(8-26-17)12-5-4-11(19)7-13(12)20/h1-8H,(H,21,23,25). The fraction of sp³-hybridized carbons (Fsp3) is 0. The van der Waals surface area contributed by atoms with Gasteiger partial charge in [0.15, 0.2) is 0 Å². The van der Waals surface area contributed by atoms with Gasteiger partial charge in [-0.25, -0.2) is 4.52 Å². The van der Waals surface area contributed by atoms with E-state index in [2.05, 4.69) is 31.3 Å². The highest BCUT2D eigenvalue weighted by molar-refractivity contribution is 9.10. The van der Waals surface area contributed by atoms with Gasteiger partial charge < -0.3 is 0 Å². The first kappa shape index (κ1) is 17.5. The number of nitrogens with one attached hydrogen (secondary N) is 1. The molecule has 4 rings (SSSR count). The second-order valence-electron chi connectivity index (χ2n) is 5.34. The Hall–Kier alpha value is -1.93. The molecule has 2 aromatic carbocycles. The molecule has 0 fully saturated rings. The van der Waals surface area contributed by atoms with Crippen LogP contribution in [0.4, 0.5) is 5.95 Å². The van der Waals surface area contributed by atoms with Crippen LogP contribution in [0, 0.1) is 0 Å². The normalized spacial score (nSPS) is 11.0. The van der Waals surface area contributed by atoms with Crippen LogP contribution in [-0.2, 0) is 0 Å². The molecular formula is C17H9BrCl2N4OS. The molecule has 130 valence electrons. The molecule has 26 heavy (non-hydrogen) atoms. The number of halogens is 3. The van der Waals surface area contributed by atoms with Crippen LogP contribution < -0.4 is 5.32 Å². The van der Waals surface area contributed by atoms with Crippen molar-refractivity contribution in [2.45, 2.75) is 0 Å². The molecule has 9 heteroatoms. The monoisotopic (exact) mass is 466 g/mol. The van der Waals surface area contributed by atoms with Crippen LogP contribution in [0.5, 0.6) is 0 Å². The lowest BCUT2D eigenvalue weighted by atomic mass is 10.2. The fourth-order valence-corrected chi connectivity index (χ4v) is 4.15. The van der Waals surface area contributed by atoms with Crippen molar-refractivity contribution in [3.63, 3.8) is 0 Å². The summed E-state index contributed by atoms with van der Waals surface area (Å²) in [4.78, 5) is 17.4. The van der Waals surface area contributed by atoms with Crippen molar-refractivity contribution >= 4 is 67.3 Å². The number of amides is 1. The number of thiazole rings is 1. The zero-order valence-electron chi connectivity index (χ0n) is 12.9. The van der Waals surface area contributed by atoms with Gasteiger partial charge in [0.05, 0.1) is 10.7 Å². The molecule has 0 bridgehead atoms. The summed E-state index contributed by atoms with van der Waals surface area (Å²) in [6.07, 6.45) is 0. The minimum atomic E-state index is -0.282. The van der Waals surface area contributed by atoms with Gasteiger partial charge in [0.2, 0.25) is 4.96 Å². The van der Waals surface area contributed by atoms with Crippen molar-refractivity contribution < 1.29 is 4.79 Å². The van der Waals surface area contributed by atoms with Crippen LogP contribution in [0.3, 0.4) is 0 Å². The molecule has 0 aliphatic carbocycles. The molecule has 0 aliphatic heterocycles. The smallest absolute Gasteiger partial charge is 0.258 e. The van der Waals surface area contributed by atoms with Crippen molar-refractivity contribution in [1.29, 1.82) is 0 Å². The maximum absolute atomic E-state index is 12.4. The zero-order valence-corrected chi connectivity index (χ0v) is 16.8. The number of hydrogen-bond acceptors (Lipinski definition) is 4. The lowest BCUT2D eigenvalue weighted by Crippen LogP contribution is -2.13. The van der Waals surface area contributed by atoms with E-state index in [1.807, 2.05) is 17.5 Å². The molecule has 0 spiro atoms. The predicted molar refractivity (Wildman–Crippen MR) is 108 cm³/mol. The number of aromatic nitrogens is 3. The Morgan fingerprint density at radius 3 is 2.81 bits per heavy atom. The molecule has 1 amide bonds. The third-order valence-electron chi connectivity index (χ3n) is 3.60. The van der Waals surface area contributed by atoms with Gasteiger partial charge in [-0.15, -0.1) is 16.4 Å². The number of benzene rings is 2. The highest BCUT2D eigenvalue weighted by Crippen LogP contribution is 2.33. The van der Waals surface area contributed by atoms with Crippen LogP contribution >= 0.6 is 50.5 Å². The van der Waals surface area contributed by atoms with Gasteiger partial charge in [0.1, 0.15) is 0 Å². The molecule has 2 aromatic heterocycles. The van der Waals surface area contributed by atoms with Crippen LogP contribution in [0.15, 0.2) is 52.3 Å². The first-order chi connectivity index (χ1) is 12.5. The van der Waals surface area contributed by atoms with Gasteiger partial charge in [0, 0.05) is 26.0 Å². The largest absolute Gasteiger partial charge is 0.289 e. The van der Waals surface area contributed by atoms with E-state index in [4.69, 9.17) is 23.2 Å². The summed E-state index contributed by atoms with van der Waals surface area (Å²) in [6, 6.07) is 12.4. The van der Waals surface area contributed by atoms with E-state index in [-0.39, 0.29) is 11.9 Å². The van der Waals surface area contributed by atoms with Crippen LogP contribution in [0.25, 0.3) is 16.2 Å². The summed E-state index contributed by atoms with van der Waals surface area (Å²) in [5.74, 6) is -0.0520. The first-order valence-corrected chi connectivity index (χ1v) is 9.81. The van der Waals surface area contributed by atoms with E-state index in [0.717, 1.165) is 15.7 Å². The van der Waals surface area contributed by atoms with Gasteiger partial charge in [-0.1, -0.05) is 45.2 Å². The van der Waals surface area contributed by atoms with Crippen molar-refractivity contribution in [2.75, 3.05) is 5.32 Å². The Balaban J connectivity index is 1.67. The van der Waals surface area contributed by atoms with Gasteiger partial charge in [-0.2, -0.15) is 4.98 Å². The lowest BCUT2D eigenvalue weighted by Gasteiger charge is -2.03. The van der Waals surface area contributed by atoms with Crippen LogP contribution in [0.1, 0.15) is 10.4 Å². The van der Waals surface area contributed by atoms with E-state index >= 15 is 0 Å². The van der Waals surface area contributed by atoms with Crippen molar-refractivity contribution in [3.05, 3.63) is 67.9 Å². The summed E-state index contributed by atoms with van der Waals surface area (Å²) >= 11 is 17.0. The van der Waals surface area contributed by atoms with E-state index < -0.39 is 0 Å². The van der Waals surface area contributed by atoms with E-state index in [0.29, 0.717) is 20.6 Å². The van der Waals surface area contributed by atoms with Crippen molar-refractivity contribution in [1.82, 2.24) is 14.6 Å². The Kier molecular flexibility index (Phi) is 4.71. The molecular weight excluding hydrogens is 459 g/mol. The minimum absolute atomic E-state index is 0.230. The highest BCUT2D eigenvalue weighted by atomic mass is 79.9. The summed E-state index contributed by atoms with van der Waals surface area (Å²) in [7, 11) is 0. The molecule has 0 unspecified atom stereocenters. The maximum Gasteiger partial charge on any atom is 0.258 e. The predicted octanol–water partition coefficient (Wildman–Crippen LogP) is 5.78. The summed E-state index contributed by atoms with van der Waals surface area (Å²) in [5.41, 5.74) is 2.08. The Labute approximate surface area is 170 Å². The van der Waals surface area contributed by atoms with Gasteiger partial charge >= 0.3 is 0 Å². The van der Waals surface area contributed by atoms with Gasteiger partial charge in [-0.3, -0.25) is 10.1 Å². The minimum Gasteiger partial charge on any atom is -0.289 e. The Morgan fingerprint density at radius 2 is 2.04 bits per heavy atom. The third kappa shape index (κ3) is 3.35. The lowest BCUT2D eigenvalue weighted by molar-refractivity contribution is 0.102. The average Bonchev–Trinajstić information content (AvgIpc) is 3.15. The highest BCUT2D eigenvalue weighted by Gasteiger charge is 2.16. The van der Waals surface area contributed by atoms with Crippen LogP contribution in [-0.4, -0.2) is 20.5 Å². The van der Waals surface area contributed by atoms with Crippen molar-refractivity contribution in [2.24, 2.45) is 0 Å². The Bertz CT molecular complexity index is 1140. The molecule has 0 saturated heterocycles. The number of rotatable bonds is 3. The number of hydrogen-bond donors (Lipinski definition) is 1. The number of carbonyl (C=O) groups excluding carboxylic acids is 1. The molecule has 0 radical (unpaired) electrons. The zero-order chi connectivity index (χ0) is 18.3. The number of fused-ring (bicyclic) bond motifs is 1. The first-order valence-electron chi connectivity index (χ1n) is 7.38. The summed E-state index contributed by atoms with van der Waals surface area (Å²) < 4.78 is 2.47.